The molecular weight excluding hydrogens is 294 g/mol. The lowest BCUT2D eigenvalue weighted by molar-refractivity contribution is 0.0537. The SMILES string of the molecule is CC1(NS(=O)(=O)Cc2cccc(C(=O)O)c2)CCOCC1. The van der Waals surface area contributed by atoms with Crippen LogP contribution >= 0.6 is 0 Å². The molecule has 21 heavy (non-hydrogen) atoms. The average Bonchev–Trinajstić information content (AvgIpc) is 2.37. The second kappa shape index (κ2) is 6.13. The van der Waals surface area contributed by atoms with E-state index in [0.717, 1.165) is 0 Å². The molecule has 0 aromatic heterocycles. The van der Waals surface area contributed by atoms with Crippen molar-refractivity contribution in [3.63, 3.8) is 0 Å². The lowest BCUT2D eigenvalue weighted by atomic mass is 9.94. The number of benzene rings is 1. The van der Waals surface area contributed by atoms with E-state index in [1.54, 1.807) is 12.1 Å². The van der Waals surface area contributed by atoms with E-state index in [1.807, 2.05) is 6.92 Å². The van der Waals surface area contributed by atoms with Gasteiger partial charge in [0.2, 0.25) is 10.0 Å². The lowest BCUT2D eigenvalue weighted by Crippen LogP contribution is -2.49. The Balaban J connectivity index is 2.10. The minimum atomic E-state index is -3.53. The normalized spacial score (nSPS) is 18.3. The number of carboxylic acids is 1. The molecule has 2 rings (SSSR count). The number of aromatic carboxylic acids is 1. The van der Waals surface area contributed by atoms with Crippen LogP contribution in [-0.4, -0.2) is 38.2 Å². The van der Waals surface area contributed by atoms with Crippen LogP contribution in [0.1, 0.15) is 35.7 Å². The zero-order valence-electron chi connectivity index (χ0n) is 11.8. The van der Waals surface area contributed by atoms with E-state index in [4.69, 9.17) is 9.84 Å². The zero-order chi connectivity index (χ0) is 15.5. The standard InChI is InChI=1S/C14H19NO5S/c1-14(5-7-20-8-6-14)15-21(18,19)10-11-3-2-4-12(9-11)13(16)17/h2-4,9,15H,5-8,10H2,1H3,(H,16,17). The summed E-state index contributed by atoms with van der Waals surface area (Å²) in [6, 6.07) is 5.97. The first kappa shape index (κ1) is 15.9. The van der Waals surface area contributed by atoms with Crippen LogP contribution in [0.2, 0.25) is 0 Å². The minimum absolute atomic E-state index is 0.0833. The first-order valence-corrected chi connectivity index (χ1v) is 8.37. The van der Waals surface area contributed by atoms with E-state index in [9.17, 15) is 13.2 Å². The number of hydrogen-bond donors (Lipinski definition) is 2. The van der Waals surface area contributed by atoms with Gasteiger partial charge in [0.25, 0.3) is 0 Å². The summed E-state index contributed by atoms with van der Waals surface area (Å²) in [6.07, 6.45) is 1.25. The molecular formula is C14H19NO5S. The molecule has 1 aliphatic rings. The Kier molecular flexibility index (Phi) is 4.65. The van der Waals surface area contributed by atoms with Crippen molar-refractivity contribution in [3.05, 3.63) is 35.4 Å². The highest BCUT2D eigenvalue weighted by Crippen LogP contribution is 2.21. The van der Waals surface area contributed by atoms with Crippen LogP contribution in [0.25, 0.3) is 0 Å². The van der Waals surface area contributed by atoms with E-state index >= 15 is 0 Å². The van der Waals surface area contributed by atoms with Gasteiger partial charge in [-0.2, -0.15) is 0 Å². The molecule has 0 spiro atoms. The fraction of sp³-hybridized carbons (Fsp3) is 0.500. The molecule has 0 atom stereocenters. The largest absolute Gasteiger partial charge is 0.478 e. The smallest absolute Gasteiger partial charge is 0.335 e. The van der Waals surface area contributed by atoms with Crippen molar-refractivity contribution >= 4 is 16.0 Å². The lowest BCUT2D eigenvalue weighted by Gasteiger charge is -2.34. The molecule has 1 saturated heterocycles. The van der Waals surface area contributed by atoms with Crippen molar-refractivity contribution in [2.45, 2.75) is 31.1 Å². The van der Waals surface area contributed by atoms with Crippen LogP contribution in [0.3, 0.4) is 0 Å². The highest BCUT2D eigenvalue weighted by molar-refractivity contribution is 7.88. The van der Waals surface area contributed by atoms with Gasteiger partial charge in [-0.25, -0.2) is 17.9 Å². The fourth-order valence-corrected chi connectivity index (χ4v) is 3.99. The molecule has 0 bridgehead atoms. The zero-order valence-corrected chi connectivity index (χ0v) is 12.6. The molecule has 116 valence electrons. The monoisotopic (exact) mass is 313 g/mol. The Hall–Kier alpha value is -1.44. The Morgan fingerprint density at radius 2 is 2.05 bits per heavy atom. The van der Waals surface area contributed by atoms with Crippen LogP contribution in [0.5, 0.6) is 0 Å². The molecule has 1 heterocycles. The van der Waals surface area contributed by atoms with Gasteiger partial charge in [0.15, 0.2) is 0 Å². The molecule has 1 fully saturated rings. The van der Waals surface area contributed by atoms with E-state index < -0.39 is 21.5 Å². The van der Waals surface area contributed by atoms with Gasteiger partial charge in [0, 0.05) is 18.8 Å². The molecule has 0 amide bonds. The van der Waals surface area contributed by atoms with Crippen molar-refractivity contribution in [2.75, 3.05) is 13.2 Å². The third-order valence-electron chi connectivity index (χ3n) is 3.53. The predicted octanol–water partition coefficient (Wildman–Crippen LogP) is 1.37. The second-order valence-corrected chi connectivity index (χ2v) is 7.26. The highest BCUT2D eigenvalue weighted by atomic mass is 32.2. The molecule has 1 aliphatic heterocycles. The van der Waals surface area contributed by atoms with Crippen molar-refractivity contribution < 1.29 is 23.1 Å². The van der Waals surface area contributed by atoms with E-state index in [2.05, 4.69) is 4.72 Å². The molecule has 7 heteroatoms. The van der Waals surface area contributed by atoms with Crippen molar-refractivity contribution in [2.24, 2.45) is 0 Å². The van der Waals surface area contributed by atoms with Gasteiger partial charge in [0.05, 0.1) is 11.3 Å². The number of carbonyl (C=O) groups is 1. The topological polar surface area (TPSA) is 92.7 Å². The first-order valence-electron chi connectivity index (χ1n) is 6.71. The van der Waals surface area contributed by atoms with Crippen LogP contribution in [0, 0.1) is 0 Å². The van der Waals surface area contributed by atoms with Gasteiger partial charge < -0.3 is 9.84 Å². The number of hydrogen-bond acceptors (Lipinski definition) is 4. The summed E-state index contributed by atoms with van der Waals surface area (Å²) in [5.74, 6) is -1.30. The van der Waals surface area contributed by atoms with Crippen LogP contribution in [0.4, 0.5) is 0 Å². The molecule has 6 nitrogen and oxygen atoms in total. The number of carboxylic acid groups (broad SMARTS) is 1. The molecule has 2 N–H and O–H groups in total. The fourth-order valence-electron chi connectivity index (χ4n) is 2.35. The van der Waals surface area contributed by atoms with Gasteiger partial charge in [-0.1, -0.05) is 12.1 Å². The maximum Gasteiger partial charge on any atom is 0.335 e. The third kappa shape index (κ3) is 4.52. The van der Waals surface area contributed by atoms with Crippen molar-refractivity contribution in [1.29, 1.82) is 0 Å². The van der Waals surface area contributed by atoms with Crippen LogP contribution in [0.15, 0.2) is 24.3 Å². The third-order valence-corrected chi connectivity index (χ3v) is 5.05. The Morgan fingerprint density at radius 3 is 2.67 bits per heavy atom. The quantitative estimate of drug-likeness (QED) is 0.856. The average molecular weight is 313 g/mol. The minimum Gasteiger partial charge on any atom is -0.478 e. The molecule has 0 saturated carbocycles. The van der Waals surface area contributed by atoms with Crippen LogP contribution < -0.4 is 4.72 Å². The van der Waals surface area contributed by atoms with E-state index in [0.29, 0.717) is 31.6 Å². The summed E-state index contributed by atoms with van der Waals surface area (Å²) in [5.41, 5.74) is 0.0413. The summed E-state index contributed by atoms with van der Waals surface area (Å²) in [6.45, 7) is 2.93. The Morgan fingerprint density at radius 1 is 1.38 bits per heavy atom. The maximum atomic E-state index is 12.3. The molecule has 0 radical (unpaired) electrons. The molecule has 1 aromatic rings. The molecule has 0 unspecified atom stereocenters. The summed E-state index contributed by atoms with van der Waals surface area (Å²) in [5, 5.41) is 8.93. The summed E-state index contributed by atoms with van der Waals surface area (Å²) in [7, 11) is -3.53. The van der Waals surface area contributed by atoms with Gasteiger partial charge in [0.1, 0.15) is 0 Å². The van der Waals surface area contributed by atoms with Crippen molar-refractivity contribution in [1.82, 2.24) is 4.72 Å². The number of nitrogens with one attached hydrogen (secondary N) is 1. The summed E-state index contributed by atoms with van der Waals surface area (Å²) in [4.78, 5) is 10.9. The van der Waals surface area contributed by atoms with E-state index in [1.165, 1.54) is 12.1 Å². The van der Waals surface area contributed by atoms with Crippen molar-refractivity contribution in [3.8, 4) is 0 Å². The maximum absolute atomic E-state index is 12.3. The first-order chi connectivity index (χ1) is 9.80. The van der Waals surface area contributed by atoms with E-state index in [-0.39, 0.29) is 11.3 Å². The highest BCUT2D eigenvalue weighted by Gasteiger charge is 2.31. The van der Waals surface area contributed by atoms with Gasteiger partial charge in [-0.3, -0.25) is 0 Å². The number of sulfonamides is 1. The molecule has 1 aromatic carbocycles. The predicted molar refractivity (Wildman–Crippen MR) is 77.6 cm³/mol. The van der Waals surface area contributed by atoms with Gasteiger partial charge in [-0.15, -0.1) is 0 Å². The summed E-state index contributed by atoms with van der Waals surface area (Å²) >= 11 is 0. The molecule has 0 aliphatic carbocycles. The summed E-state index contributed by atoms with van der Waals surface area (Å²) < 4.78 is 32.5. The number of ether oxygens (including phenoxy) is 1. The number of rotatable bonds is 5. The van der Waals surface area contributed by atoms with Gasteiger partial charge in [-0.05, 0) is 37.5 Å². The second-order valence-electron chi connectivity index (χ2n) is 5.54. The Labute approximate surface area is 124 Å². The van der Waals surface area contributed by atoms with Crippen LogP contribution in [-0.2, 0) is 20.5 Å². The Bertz CT molecular complexity index is 620. The van der Waals surface area contributed by atoms with Gasteiger partial charge >= 0.3 is 5.97 Å².